The van der Waals surface area contributed by atoms with Crippen molar-refractivity contribution in [3.63, 3.8) is 0 Å². The Balaban J connectivity index is 1.50. The van der Waals surface area contributed by atoms with E-state index in [2.05, 4.69) is 25.1 Å². The fraction of sp³-hybridized carbons (Fsp3) is 0.450. The minimum Gasteiger partial charge on any atom is -0.496 e. The average molecular weight is 401 g/mol. The molecule has 29 heavy (non-hydrogen) atoms. The van der Waals surface area contributed by atoms with Crippen molar-refractivity contribution >= 4 is 11.9 Å². The summed E-state index contributed by atoms with van der Waals surface area (Å²) >= 11 is 0. The lowest BCUT2D eigenvalue weighted by Crippen LogP contribution is -2.49. The third-order valence-corrected chi connectivity index (χ3v) is 4.84. The van der Waals surface area contributed by atoms with Crippen LogP contribution in [0.15, 0.2) is 30.6 Å². The largest absolute Gasteiger partial charge is 0.496 e. The SMILES string of the molecule is COc1cc(OC)c(OC)cc1CNC(=O)CN1CCN(c2ncccn2)CC1. The molecular formula is C20H27N5O4. The minimum atomic E-state index is -0.0359. The summed E-state index contributed by atoms with van der Waals surface area (Å²) in [6.45, 7) is 3.84. The van der Waals surface area contributed by atoms with Crippen molar-refractivity contribution in [3.05, 3.63) is 36.2 Å². The number of anilines is 1. The maximum atomic E-state index is 12.4. The molecule has 1 fully saturated rings. The lowest BCUT2D eigenvalue weighted by Gasteiger charge is -2.34. The van der Waals surface area contributed by atoms with Crippen LogP contribution >= 0.6 is 0 Å². The summed E-state index contributed by atoms with van der Waals surface area (Å²) in [5, 5.41) is 2.96. The molecule has 2 aromatic rings. The van der Waals surface area contributed by atoms with E-state index < -0.39 is 0 Å². The highest BCUT2D eigenvalue weighted by Gasteiger charge is 2.20. The van der Waals surface area contributed by atoms with Crippen molar-refractivity contribution in [3.8, 4) is 17.2 Å². The molecule has 1 aliphatic heterocycles. The van der Waals surface area contributed by atoms with Crippen LogP contribution < -0.4 is 24.4 Å². The van der Waals surface area contributed by atoms with Gasteiger partial charge >= 0.3 is 0 Å². The Morgan fingerprint density at radius 3 is 2.21 bits per heavy atom. The molecule has 0 unspecified atom stereocenters. The molecular weight excluding hydrogens is 374 g/mol. The van der Waals surface area contributed by atoms with Crippen LogP contribution in [0.25, 0.3) is 0 Å². The molecule has 1 aliphatic rings. The molecule has 0 aliphatic carbocycles. The van der Waals surface area contributed by atoms with Crippen molar-refractivity contribution in [2.24, 2.45) is 0 Å². The zero-order valence-electron chi connectivity index (χ0n) is 17.1. The Labute approximate surface area is 170 Å². The minimum absolute atomic E-state index is 0.0359. The number of methoxy groups -OCH3 is 3. The van der Waals surface area contributed by atoms with E-state index in [0.29, 0.717) is 30.3 Å². The quantitative estimate of drug-likeness (QED) is 0.699. The first-order chi connectivity index (χ1) is 14.1. The Morgan fingerprint density at radius 1 is 0.966 bits per heavy atom. The molecule has 3 rings (SSSR count). The van der Waals surface area contributed by atoms with Gasteiger partial charge in [-0.15, -0.1) is 0 Å². The number of aromatic nitrogens is 2. The van der Waals surface area contributed by atoms with Gasteiger partial charge in [0.1, 0.15) is 5.75 Å². The molecule has 0 spiro atoms. The molecule has 2 heterocycles. The van der Waals surface area contributed by atoms with Gasteiger partial charge in [0.2, 0.25) is 11.9 Å². The van der Waals surface area contributed by atoms with Gasteiger partial charge in [-0.05, 0) is 12.1 Å². The van der Waals surface area contributed by atoms with Crippen molar-refractivity contribution < 1.29 is 19.0 Å². The lowest BCUT2D eigenvalue weighted by molar-refractivity contribution is -0.122. The molecule has 0 saturated carbocycles. The number of nitrogens with zero attached hydrogens (tertiary/aromatic N) is 4. The van der Waals surface area contributed by atoms with Gasteiger partial charge in [-0.25, -0.2) is 9.97 Å². The van der Waals surface area contributed by atoms with Gasteiger partial charge in [-0.2, -0.15) is 0 Å². The molecule has 0 radical (unpaired) electrons. The summed E-state index contributed by atoms with van der Waals surface area (Å²) in [6, 6.07) is 5.37. The fourth-order valence-corrected chi connectivity index (χ4v) is 3.24. The number of amides is 1. The van der Waals surface area contributed by atoms with Gasteiger partial charge < -0.3 is 24.4 Å². The van der Waals surface area contributed by atoms with Crippen LogP contribution in [0, 0.1) is 0 Å². The zero-order chi connectivity index (χ0) is 20.6. The predicted molar refractivity (Wildman–Crippen MR) is 109 cm³/mol. The van der Waals surface area contributed by atoms with Gasteiger partial charge in [0.15, 0.2) is 11.5 Å². The van der Waals surface area contributed by atoms with Gasteiger partial charge in [-0.3, -0.25) is 9.69 Å². The number of piperazine rings is 1. The van der Waals surface area contributed by atoms with Crippen LogP contribution in [0.2, 0.25) is 0 Å². The first kappa shape index (κ1) is 20.7. The summed E-state index contributed by atoms with van der Waals surface area (Å²) in [6.07, 6.45) is 3.48. The first-order valence-corrected chi connectivity index (χ1v) is 9.44. The molecule has 9 nitrogen and oxygen atoms in total. The second-order valence-electron chi connectivity index (χ2n) is 6.61. The van der Waals surface area contributed by atoms with E-state index in [0.717, 1.165) is 37.7 Å². The smallest absolute Gasteiger partial charge is 0.234 e. The summed E-state index contributed by atoms with van der Waals surface area (Å²) < 4.78 is 16.0. The van der Waals surface area contributed by atoms with E-state index in [9.17, 15) is 4.79 Å². The van der Waals surface area contributed by atoms with Crippen LogP contribution in [0.4, 0.5) is 5.95 Å². The Hall–Kier alpha value is -3.07. The average Bonchev–Trinajstić information content (AvgIpc) is 2.78. The summed E-state index contributed by atoms with van der Waals surface area (Å²) in [5.74, 6) is 2.51. The van der Waals surface area contributed by atoms with Crippen molar-refractivity contribution in [1.82, 2.24) is 20.2 Å². The van der Waals surface area contributed by atoms with Gasteiger partial charge in [0, 0.05) is 56.7 Å². The molecule has 1 N–H and O–H groups in total. The third-order valence-electron chi connectivity index (χ3n) is 4.84. The normalized spacial score (nSPS) is 14.4. The Kier molecular flexibility index (Phi) is 7.07. The Bertz CT molecular complexity index is 810. The highest BCUT2D eigenvalue weighted by Crippen LogP contribution is 2.34. The summed E-state index contributed by atoms with van der Waals surface area (Å²) in [5.41, 5.74) is 0.824. The monoisotopic (exact) mass is 401 g/mol. The molecule has 1 aromatic heterocycles. The van der Waals surface area contributed by atoms with Gasteiger partial charge in [-0.1, -0.05) is 0 Å². The first-order valence-electron chi connectivity index (χ1n) is 9.44. The second kappa shape index (κ2) is 9.92. The topological polar surface area (TPSA) is 89.0 Å². The van der Waals surface area contributed by atoms with E-state index in [-0.39, 0.29) is 5.91 Å². The van der Waals surface area contributed by atoms with Crippen molar-refractivity contribution in [2.75, 3.05) is 59.0 Å². The van der Waals surface area contributed by atoms with Crippen molar-refractivity contribution in [2.45, 2.75) is 6.54 Å². The van der Waals surface area contributed by atoms with Gasteiger partial charge in [0.25, 0.3) is 0 Å². The number of hydrogen-bond donors (Lipinski definition) is 1. The maximum absolute atomic E-state index is 12.4. The fourth-order valence-electron chi connectivity index (χ4n) is 3.24. The lowest BCUT2D eigenvalue weighted by atomic mass is 10.1. The summed E-state index contributed by atoms with van der Waals surface area (Å²) in [4.78, 5) is 25.2. The molecule has 0 bridgehead atoms. The van der Waals surface area contributed by atoms with Crippen LogP contribution in [-0.4, -0.2) is 74.8 Å². The van der Waals surface area contributed by atoms with Gasteiger partial charge in [0.05, 0.1) is 27.9 Å². The predicted octanol–water partition coefficient (Wildman–Crippen LogP) is 0.941. The highest BCUT2D eigenvalue weighted by molar-refractivity contribution is 5.78. The van der Waals surface area contributed by atoms with E-state index in [1.165, 1.54) is 0 Å². The third kappa shape index (κ3) is 5.26. The van der Waals surface area contributed by atoms with E-state index >= 15 is 0 Å². The van der Waals surface area contributed by atoms with Crippen LogP contribution in [0.5, 0.6) is 17.2 Å². The molecule has 156 valence electrons. The van der Waals surface area contributed by atoms with Crippen LogP contribution in [0.1, 0.15) is 5.56 Å². The number of rotatable bonds is 8. The van der Waals surface area contributed by atoms with E-state index in [4.69, 9.17) is 14.2 Å². The summed E-state index contributed by atoms with van der Waals surface area (Å²) in [7, 11) is 4.73. The van der Waals surface area contributed by atoms with E-state index in [1.54, 1.807) is 45.9 Å². The number of carbonyl (C=O) groups excluding carboxylic acids is 1. The molecule has 9 heteroatoms. The number of hydrogen-bond acceptors (Lipinski definition) is 8. The van der Waals surface area contributed by atoms with E-state index in [1.807, 2.05) is 6.07 Å². The molecule has 1 saturated heterocycles. The molecule has 0 atom stereocenters. The molecule has 1 amide bonds. The van der Waals surface area contributed by atoms with Crippen LogP contribution in [0.3, 0.4) is 0 Å². The number of carbonyl (C=O) groups is 1. The maximum Gasteiger partial charge on any atom is 0.234 e. The highest BCUT2D eigenvalue weighted by atomic mass is 16.5. The molecule has 1 aromatic carbocycles. The standard InChI is InChI=1S/C20H27N5O4/c1-27-16-12-18(29-3)17(28-2)11-15(16)13-23-19(26)14-24-7-9-25(10-8-24)20-21-5-4-6-22-20/h4-6,11-12H,7-10,13-14H2,1-3H3,(H,23,26). The number of ether oxygens (including phenoxy) is 3. The number of benzene rings is 1. The second-order valence-corrected chi connectivity index (χ2v) is 6.61. The Morgan fingerprint density at radius 2 is 1.59 bits per heavy atom. The van der Waals surface area contributed by atoms with Crippen molar-refractivity contribution in [1.29, 1.82) is 0 Å². The zero-order valence-corrected chi connectivity index (χ0v) is 17.1. The number of nitrogens with one attached hydrogen (secondary N) is 1. The van der Waals surface area contributed by atoms with Crippen LogP contribution in [-0.2, 0) is 11.3 Å².